The Morgan fingerprint density at radius 3 is 2.13 bits per heavy atom. The molecule has 10 heterocycles. The molecular formula is C95H127N17O17. The molecule has 0 radical (unpaired) electrons. The van der Waals surface area contributed by atoms with Gasteiger partial charge in [-0.2, -0.15) is 10.1 Å². The third kappa shape index (κ3) is 27.3. The predicted octanol–water partition coefficient (Wildman–Crippen LogP) is 10.7. The zero-order valence-corrected chi connectivity index (χ0v) is 75.3. The van der Waals surface area contributed by atoms with Crippen LogP contribution < -0.4 is 31.9 Å². The standard InChI is InChI=1S/C95H127N17O17/c1-61-13-8-7-9-14-63(3)82(121-6)51-75-15-12-17-81(126-75)86(116)90(118)111-33-11-10-16-77(111)91(119)127-73(25-18-62(2)48-65(5)79(114)52-78(113)64(4)47-61)26-20-66-21-27-74(28-22-66)128-95(120)103-55-68-53-99-93(100-54-68)108-35-37-109(38-36-108)94-101-56-72(57-102-94)89(117)98-32-40-123-42-44-125-46-45-124-43-41-122-39-31-83(115)110-34-30-69-49-67(19-23-71(69)59-110)58-112-88-84(87(96)104-60-105-88)85(107-112)70-24-29-80-76(50-70)106-92(97)129-80/h7-9,13-14,19,23-24,29,48-50,53-54,56-57,60-62,64,66,73-75,77,79,81-82,114H,10-12,15-18,20-22,25-28,30-47,51-52,55,58-59H2,1-6H3,(H2,97,106)(H,98,117)(H,103,120)(H2,96,104,105)/b9-7+,13-8+,63-14+,65-48+/t61-,62+,64-,66-,73+,74-,75?,77+,79+,81?,82+/m1/s1. The van der Waals surface area contributed by atoms with Crippen LogP contribution in [-0.4, -0.2) is 249 Å². The zero-order chi connectivity index (χ0) is 90.7. The molecule has 4 amide bonds. The lowest BCUT2D eigenvalue weighted by atomic mass is 9.83. The van der Waals surface area contributed by atoms with E-state index in [0.717, 1.165) is 54.4 Å². The molecule has 5 aliphatic heterocycles. The second-order valence-electron chi connectivity index (χ2n) is 35.0. The second-order valence-corrected chi connectivity index (χ2v) is 35.0. The van der Waals surface area contributed by atoms with Crippen LogP contribution in [0.5, 0.6) is 0 Å². The van der Waals surface area contributed by atoms with Gasteiger partial charge in [-0.15, -0.1) is 0 Å². The number of hydrogen-bond acceptors (Lipinski definition) is 29. The van der Waals surface area contributed by atoms with E-state index in [0.29, 0.717) is 225 Å². The maximum atomic E-state index is 14.5. The highest BCUT2D eigenvalue weighted by atomic mass is 16.6. The second kappa shape index (κ2) is 47.5. The number of aliphatic hydroxyl groups excluding tert-OH is 1. The number of cyclic esters (lactones) is 1. The molecule has 1 aliphatic carbocycles. The first-order valence-electron chi connectivity index (χ1n) is 45.9. The number of carbonyl (C=O) groups excluding carboxylic acids is 7. The van der Waals surface area contributed by atoms with Gasteiger partial charge in [0.05, 0.1) is 95.1 Å². The van der Waals surface area contributed by atoms with E-state index in [1.807, 2.05) is 77.8 Å². The van der Waals surface area contributed by atoms with E-state index in [9.17, 15) is 38.7 Å². The lowest BCUT2D eigenvalue weighted by Crippen LogP contribution is -2.54. The van der Waals surface area contributed by atoms with Crippen molar-refractivity contribution >= 4 is 87.2 Å². The molecule has 13 rings (SSSR count). The van der Waals surface area contributed by atoms with Crippen molar-refractivity contribution in [1.82, 2.24) is 65.1 Å². The molecule has 3 saturated heterocycles. The molecule has 34 heteroatoms. The van der Waals surface area contributed by atoms with Gasteiger partial charge in [-0.3, -0.25) is 24.0 Å². The Labute approximate surface area is 753 Å². The summed E-state index contributed by atoms with van der Waals surface area (Å²) >= 11 is 0. The molecule has 6 aliphatic rings. The largest absolute Gasteiger partial charge is 0.461 e. The van der Waals surface area contributed by atoms with E-state index in [-0.39, 0.29) is 111 Å². The normalized spacial score (nSPS) is 24.8. The number of Topliss-reactive ketones (excluding diaryl/α,β-unsaturated/α-hetero) is 2. The van der Waals surface area contributed by atoms with Crippen molar-refractivity contribution in [2.45, 2.75) is 219 Å². The highest BCUT2D eigenvalue weighted by Crippen LogP contribution is 2.37. The first-order valence-corrected chi connectivity index (χ1v) is 45.9. The van der Waals surface area contributed by atoms with Gasteiger partial charge in [0.2, 0.25) is 23.6 Å². The Hall–Kier alpha value is -11.0. The van der Waals surface area contributed by atoms with Crippen LogP contribution in [0.25, 0.3) is 33.4 Å². The summed E-state index contributed by atoms with van der Waals surface area (Å²) in [6, 6.07) is 11.0. The molecule has 694 valence electrons. The van der Waals surface area contributed by atoms with Crippen molar-refractivity contribution in [3.05, 3.63) is 143 Å². The third-order valence-corrected chi connectivity index (χ3v) is 25.3. The number of nitrogens with zero attached hydrogens (tertiary/aromatic N) is 13. The highest BCUT2D eigenvalue weighted by Gasteiger charge is 2.42. The predicted molar refractivity (Wildman–Crippen MR) is 484 cm³/mol. The molecule has 0 spiro atoms. The number of alkyl carbamates (subject to hydrolysis) is 1. The van der Waals surface area contributed by atoms with Crippen LogP contribution in [0.2, 0.25) is 0 Å². The van der Waals surface area contributed by atoms with Crippen molar-refractivity contribution in [1.29, 1.82) is 0 Å². The number of aliphatic hydroxyl groups is 1. The zero-order valence-electron chi connectivity index (χ0n) is 75.3. The van der Waals surface area contributed by atoms with Crippen LogP contribution in [0.15, 0.2) is 120 Å². The van der Waals surface area contributed by atoms with Gasteiger partial charge in [0.1, 0.15) is 53.5 Å². The lowest BCUT2D eigenvalue weighted by Gasteiger charge is -2.36. The summed E-state index contributed by atoms with van der Waals surface area (Å²) < 4.78 is 54.6. The van der Waals surface area contributed by atoms with E-state index in [1.165, 1.54) is 29.2 Å². The van der Waals surface area contributed by atoms with Crippen LogP contribution in [0, 0.1) is 23.7 Å². The summed E-state index contributed by atoms with van der Waals surface area (Å²) in [5.41, 5.74) is 21.4. The molecular weight excluding hydrogens is 1650 g/mol. The molecule has 9 atom stereocenters. The molecule has 4 fully saturated rings. The van der Waals surface area contributed by atoms with Gasteiger partial charge in [0.25, 0.3) is 17.8 Å². The number of ketones is 2. The van der Waals surface area contributed by atoms with Gasteiger partial charge in [0, 0.05) is 121 Å². The number of piperidine rings is 1. The number of piperazine rings is 1. The van der Waals surface area contributed by atoms with Gasteiger partial charge in [-0.25, -0.2) is 44.2 Å². The van der Waals surface area contributed by atoms with Crippen molar-refractivity contribution in [3.63, 3.8) is 0 Å². The number of aromatic nitrogens is 9. The average Bonchev–Trinajstić information content (AvgIpc) is 1.61. The van der Waals surface area contributed by atoms with E-state index < -0.39 is 48.1 Å². The Morgan fingerprint density at radius 1 is 0.674 bits per heavy atom. The molecule has 129 heavy (non-hydrogen) atoms. The smallest absolute Gasteiger partial charge is 0.407 e. The van der Waals surface area contributed by atoms with E-state index in [1.54, 1.807) is 25.6 Å². The van der Waals surface area contributed by atoms with Crippen molar-refractivity contribution < 1.29 is 81.0 Å². The number of oxazole rings is 1. The molecule has 7 N–H and O–H groups in total. The van der Waals surface area contributed by atoms with Crippen molar-refractivity contribution in [3.8, 4) is 11.3 Å². The Bertz CT molecular complexity index is 5040. The molecule has 7 aromatic rings. The van der Waals surface area contributed by atoms with E-state index in [4.69, 9.17) is 58.9 Å². The summed E-state index contributed by atoms with van der Waals surface area (Å²) in [6.07, 6.45) is 27.3. The number of methoxy groups -OCH3 is 1. The summed E-state index contributed by atoms with van der Waals surface area (Å²) in [5, 5.41) is 22.6. The number of carbonyl (C=O) groups is 7. The SMILES string of the molecule is CO[C@H]1CC2CCCC(O2)C(=O)C(=O)N2CCCC[C@H]2C(=O)O[C@H](CC[C@H]2CC[C@H](OC(=O)NCc3cnc(N4CCN(c5ncc(C(=O)NCCOCCOCCOCCOCCC(=O)N6CCc7cc(Cn8nc(-c9ccc%10oc(N)nc%10c9)c9c(N)ncnc98)ccc7C6)cn5)CC4)nc3)CC2)CC[C@H](C)/C=C(\C)[C@@H](O)CC(=O)[C@H](C)C[C@H](C)/C=C/C=C/C=C/1C. The Balaban J connectivity index is 0.464. The molecule has 2 aromatic carbocycles. The summed E-state index contributed by atoms with van der Waals surface area (Å²) in [7, 11) is 1.65. The number of nitrogen functional groups attached to an aromatic ring is 2. The number of rotatable bonds is 28. The van der Waals surface area contributed by atoms with Crippen LogP contribution in [0.1, 0.15) is 183 Å². The maximum absolute atomic E-state index is 14.5. The number of anilines is 4. The highest BCUT2D eigenvalue weighted by molar-refractivity contribution is 6.38. The van der Waals surface area contributed by atoms with Crippen LogP contribution in [0.3, 0.4) is 0 Å². The van der Waals surface area contributed by atoms with E-state index >= 15 is 0 Å². The number of fused-ring (bicyclic) bond motifs is 6. The van der Waals surface area contributed by atoms with Gasteiger partial charge in [-0.1, -0.05) is 75.4 Å². The summed E-state index contributed by atoms with van der Waals surface area (Å²) in [4.78, 5) is 134. The molecule has 2 bridgehead atoms. The molecule has 5 aromatic heterocycles. The fourth-order valence-electron chi connectivity index (χ4n) is 17.8. The minimum atomic E-state index is -0.931. The number of allylic oxidation sites excluding steroid dienone is 6. The minimum Gasteiger partial charge on any atom is -0.461 e. The third-order valence-electron chi connectivity index (χ3n) is 25.3. The number of benzene rings is 2. The van der Waals surface area contributed by atoms with E-state index in [2.05, 4.69) is 88.5 Å². The minimum absolute atomic E-state index is 0.00588. The van der Waals surface area contributed by atoms with Gasteiger partial charge < -0.3 is 89.1 Å². The van der Waals surface area contributed by atoms with Crippen LogP contribution in [-0.2, 0) is 87.9 Å². The number of nitrogens with two attached hydrogens (primary N) is 2. The number of hydrogen-bond donors (Lipinski definition) is 5. The van der Waals surface area contributed by atoms with Gasteiger partial charge in [-0.05, 0) is 180 Å². The Morgan fingerprint density at radius 2 is 1.40 bits per heavy atom. The topological polar surface area (TPSA) is 424 Å². The van der Waals surface area contributed by atoms with Crippen LogP contribution >= 0.6 is 0 Å². The maximum Gasteiger partial charge on any atom is 0.407 e. The van der Waals surface area contributed by atoms with Crippen molar-refractivity contribution in [2.75, 3.05) is 127 Å². The number of nitrogens with one attached hydrogen (secondary N) is 2. The lowest BCUT2D eigenvalue weighted by molar-refractivity contribution is -0.167. The first-order chi connectivity index (χ1) is 62.6. The first kappa shape index (κ1) is 95.6. The van der Waals surface area contributed by atoms with Gasteiger partial charge in [0.15, 0.2) is 11.2 Å². The number of ether oxygens (including phenoxy) is 8. The molecule has 1 saturated carbocycles. The number of amides is 4. The molecule has 2 unspecified atom stereocenters. The summed E-state index contributed by atoms with van der Waals surface area (Å²) in [6.45, 7) is 17.3. The van der Waals surface area contributed by atoms with Crippen molar-refractivity contribution in [2.24, 2.45) is 23.7 Å². The average molecular weight is 1780 g/mol. The van der Waals surface area contributed by atoms with Gasteiger partial charge >= 0.3 is 12.1 Å². The Kier molecular flexibility index (Phi) is 35.2. The monoisotopic (exact) mass is 1780 g/mol. The van der Waals surface area contributed by atoms with Crippen LogP contribution in [0.4, 0.5) is 28.5 Å². The molecule has 34 nitrogen and oxygen atoms in total. The fraction of sp³-hybridized carbons (Fsp3) is 0.568. The number of esters is 1. The summed E-state index contributed by atoms with van der Waals surface area (Å²) in [5.74, 6) is -0.609. The fourth-order valence-corrected chi connectivity index (χ4v) is 17.8. The quantitative estimate of drug-likeness (QED) is 0.0132.